The second kappa shape index (κ2) is 8.36. The molecular weight excluding hydrogens is 553 g/mol. The third-order valence-electron chi connectivity index (χ3n) is 5.39. The number of hydrogen-bond donors (Lipinski definition) is 1. The summed E-state index contributed by atoms with van der Waals surface area (Å²) in [7, 11) is -1.39. The highest BCUT2D eigenvalue weighted by Gasteiger charge is 2.50. The van der Waals surface area contributed by atoms with Crippen LogP contribution in [0.25, 0.3) is 0 Å². The van der Waals surface area contributed by atoms with Crippen molar-refractivity contribution in [1.82, 2.24) is 14.7 Å². The van der Waals surface area contributed by atoms with Crippen LogP contribution in [0.2, 0.25) is 5.15 Å². The van der Waals surface area contributed by atoms with Crippen LogP contribution in [-0.4, -0.2) is 42.0 Å². The first-order chi connectivity index (χ1) is 15.9. The zero-order valence-corrected chi connectivity index (χ0v) is 21.2. The van der Waals surface area contributed by atoms with E-state index in [1.807, 2.05) is 0 Å². The number of rotatable bonds is 5. The molecule has 1 atom stereocenters. The molecule has 0 bridgehead atoms. The Labute approximate surface area is 208 Å². The van der Waals surface area contributed by atoms with Crippen LogP contribution in [0.1, 0.15) is 16.8 Å². The van der Waals surface area contributed by atoms with E-state index in [1.54, 1.807) is 6.07 Å². The topological polar surface area (TPSA) is 120 Å². The first-order valence-electron chi connectivity index (χ1n) is 9.71. The molecule has 1 aliphatic rings. The summed E-state index contributed by atoms with van der Waals surface area (Å²) in [5.41, 5.74) is 5.04. The third-order valence-corrected chi connectivity index (χ3v) is 7.94. The van der Waals surface area contributed by atoms with Gasteiger partial charge in [-0.2, -0.15) is 13.5 Å². The maximum atomic E-state index is 13.9. The molecule has 0 spiro atoms. The Hall–Kier alpha value is -2.96. The molecule has 4 rings (SSSR count). The zero-order valence-electron chi connectivity index (χ0n) is 18.1. The molecule has 2 aromatic carbocycles. The van der Waals surface area contributed by atoms with Crippen molar-refractivity contribution in [3.05, 3.63) is 74.7 Å². The van der Waals surface area contributed by atoms with Gasteiger partial charge in [0.25, 0.3) is 5.91 Å². The van der Waals surface area contributed by atoms with Crippen molar-refractivity contribution in [3.63, 3.8) is 0 Å². The SMILES string of the molecule is Cc1nn(C)c(Cl)c1S(=O)(=O)Oc1cccc(C2(c3ccc(F)c(Br)c3)N=C(N)N(C)C2=O)c1. The van der Waals surface area contributed by atoms with E-state index in [1.165, 1.54) is 67.0 Å². The Morgan fingerprint density at radius 1 is 1.18 bits per heavy atom. The van der Waals surface area contributed by atoms with Crippen molar-refractivity contribution < 1.29 is 21.8 Å². The van der Waals surface area contributed by atoms with E-state index in [4.69, 9.17) is 21.5 Å². The number of aliphatic imine (C=N–C) groups is 1. The van der Waals surface area contributed by atoms with Gasteiger partial charge in [-0.05, 0) is 58.2 Å². The highest BCUT2D eigenvalue weighted by molar-refractivity contribution is 9.10. The van der Waals surface area contributed by atoms with Crippen LogP contribution < -0.4 is 9.92 Å². The summed E-state index contributed by atoms with van der Waals surface area (Å²) >= 11 is 9.24. The number of guanidine groups is 1. The Balaban J connectivity index is 1.85. The molecule has 178 valence electrons. The van der Waals surface area contributed by atoms with Crippen LogP contribution >= 0.6 is 27.5 Å². The smallest absolute Gasteiger partial charge is 0.344 e. The van der Waals surface area contributed by atoms with Gasteiger partial charge in [0.05, 0.1) is 10.2 Å². The Kier molecular flexibility index (Phi) is 5.95. The quantitative estimate of drug-likeness (QED) is 0.471. The minimum atomic E-state index is -4.35. The molecule has 0 fully saturated rings. The predicted octanol–water partition coefficient (Wildman–Crippen LogP) is 3.08. The second-order valence-electron chi connectivity index (χ2n) is 7.57. The summed E-state index contributed by atoms with van der Waals surface area (Å²) in [6.45, 7) is 1.49. The molecule has 0 saturated heterocycles. The molecule has 0 aliphatic carbocycles. The van der Waals surface area contributed by atoms with E-state index >= 15 is 0 Å². The van der Waals surface area contributed by atoms with Crippen LogP contribution in [0.15, 0.2) is 56.8 Å². The number of aryl methyl sites for hydroxylation is 2. The van der Waals surface area contributed by atoms with Gasteiger partial charge in [0.1, 0.15) is 16.7 Å². The summed E-state index contributed by atoms with van der Waals surface area (Å²) in [6, 6.07) is 9.88. The van der Waals surface area contributed by atoms with Crippen LogP contribution in [0.4, 0.5) is 4.39 Å². The van der Waals surface area contributed by atoms with E-state index in [2.05, 4.69) is 26.0 Å². The Morgan fingerprint density at radius 3 is 2.41 bits per heavy atom. The first kappa shape index (κ1) is 24.2. The fraction of sp³-hybridized carbons (Fsp3) is 0.190. The van der Waals surface area contributed by atoms with Crippen molar-refractivity contribution in [2.45, 2.75) is 17.4 Å². The molecule has 1 amide bonds. The monoisotopic (exact) mass is 569 g/mol. The fourth-order valence-corrected chi connectivity index (χ4v) is 5.76. The van der Waals surface area contributed by atoms with Gasteiger partial charge < -0.3 is 9.92 Å². The highest BCUT2D eigenvalue weighted by atomic mass is 79.9. The van der Waals surface area contributed by atoms with Crippen molar-refractivity contribution in [1.29, 1.82) is 0 Å². The summed E-state index contributed by atoms with van der Waals surface area (Å²) in [6.07, 6.45) is 0. The van der Waals surface area contributed by atoms with Crippen LogP contribution in [0.3, 0.4) is 0 Å². The number of benzene rings is 2. The lowest BCUT2D eigenvalue weighted by Gasteiger charge is -2.26. The maximum absolute atomic E-state index is 13.9. The maximum Gasteiger partial charge on any atom is 0.344 e. The van der Waals surface area contributed by atoms with Crippen molar-refractivity contribution >= 4 is 49.5 Å². The Bertz CT molecular complexity index is 1480. The largest absolute Gasteiger partial charge is 0.379 e. The number of hydrogen-bond acceptors (Lipinski definition) is 7. The highest BCUT2D eigenvalue weighted by Crippen LogP contribution is 2.41. The van der Waals surface area contributed by atoms with Gasteiger partial charge in [-0.15, -0.1) is 0 Å². The molecule has 1 unspecified atom stereocenters. The molecular formula is C21H18BrClFN5O4S. The van der Waals surface area contributed by atoms with Crippen LogP contribution in [0.5, 0.6) is 5.75 Å². The van der Waals surface area contributed by atoms with Crippen LogP contribution in [-0.2, 0) is 27.5 Å². The van der Waals surface area contributed by atoms with Crippen molar-refractivity contribution in [2.24, 2.45) is 17.8 Å². The minimum Gasteiger partial charge on any atom is -0.379 e. The lowest BCUT2D eigenvalue weighted by molar-refractivity contribution is -0.129. The first-order valence-corrected chi connectivity index (χ1v) is 12.3. The van der Waals surface area contributed by atoms with Gasteiger partial charge >= 0.3 is 10.1 Å². The summed E-state index contributed by atoms with van der Waals surface area (Å²) in [5, 5.41) is 3.90. The molecule has 34 heavy (non-hydrogen) atoms. The fourth-order valence-electron chi connectivity index (χ4n) is 3.74. The summed E-state index contributed by atoms with van der Waals surface area (Å²) < 4.78 is 46.5. The van der Waals surface area contributed by atoms with E-state index in [0.717, 1.165) is 0 Å². The number of halogens is 3. The molecule has 1 aliphatic heterocycles. The molecule has 0 saturated carbocycles. The van der Waals surface area contributed by atoms with E-state index in [9.17, 15) is 17.6 Å². The summed E-state index contributed by atoms with van der Waals surface area (Å²) in [5.74, 6) is -1.17. The Morgan fingerprint density at radius 2 is 1.85 bits per heavy atom. The zero-order chi connectivity index (χ0) is 25.0. The number of carbonyl (C=O) groups is 1. The van der Waals surface area contributed by atoms with Gasteiger partial charge in [0.15, 0.2) is 16.4 Å². The number of carbonyl (C=O) groups excluding carboxylic acids is 1. The molecule has 2 N–H and O–H groups in total. The van der Waals surface area contributed by atoms with Crippen molar-refractivity contribution in [3.8, 4) is 5.75 Å². The third kappa shape index (κ3) is 3.75. The molecule has 9 nitrogen and oxygen atoms in total. The van der Waals surface area contributed by atoms with Gasteiger partial charge in [0.2, 0.25) is 0 Å². The molecule has 3 aromatic rings. The average Bonchev–Trinajstić information content (AvgIpc) is 3.16. The summed E-state index contributed by atoms with van der Waals surface area (Å²) in [4.78, 5) is 18.7. The standard InChI is InChI=1S/C21H18BrClFN5O4S/c1-11-17(18(23)29(3)27-11)34(31,32)33-14-6-4-5-12(9-14)21(19(30)28(2)20(25)26-21)13-7-8-16(24)15(22)10-13/h4-10H,1-3H3,(H2,25,26). The minimum absolute atomic E-state index is 0.0536. The van der Waals surface area contributed by atoms with Crippen molar-refractivity contribution in [2.75, 3.05) is 7.05 Å². The normalized spacial score (nSPS) is 18.4. The molecule has 13 heteroatoms. The number of nitrogens with two attached hydrogens (primary N) is 1. The van der Waals surface area contributed by atoms with E-state index in [-0.39, 0.29) is 37.5 Å². The van der Waals surface area contributed by atoms with Gasteiger partial charge in [0, 0.05) is 14.1 Å². The van der Waals surface area contributed by atoms with E-state index < -0.39 is 27.4 Å². The number of nitrogens with zero attached hydrogens (tertiary/aromatic N) is 4. The van der Waals surface area contributed by atoms with Gasteiger partial charge in [-0.1, -0.05) is 29.8 Å². The lowest BCUT2D eigenvalue weighted by Crippen LogP contribution is -2.41. The number of aromatic nitrogens is 2. The van der Waals surface area contributed by atoms with Crippen LogP contribution in [0, 0.1) is 12.7 Å². The molecule has 0 radical (unpaired) electrons. The lowest BCUT2D eigenvalue weighted by atomic mass is 9.82. The van der Waals surface area contributed by atoms with Gasteiger partial charge in [-0.3, -0.25) is 14.4 Å². The second-order valence-corrected chi connectivity index (χ2v) is 10.3. The molecule has 1 aromatic heterocycles. The number of amides is 1. The predicted molar refractivity (Wildman–Crippen MR) is 126 cm³/mol. The molecule has 2 heterocycles. The number of likely N-dealkylation sites (N-methyl/N-ethyl adjacent to an activating group) is 1. The van der Waals surface area contributed by atoms with E-state index in [0.29, 0.717) is 5.56 Å². The van der Waals surface area contributed by atoms with Gasteiger partial charge in [-0.25, -0.2) is 9.38 Å². The average molecular weight is 571 g/mol.